The molecule has 0 spiro atoms. The van der Waals surface area contributed by atoms with Crippen molar-refractivity contribution in [3.63, 3.8) is 0 Å². The topological polar surface area (TPSA) is 104 Å². The number of rotatable bonds is 8. The van der Waals surface area contributed by atoms with E-state index in [0.29, 0.717) is 38.2 Å². The van der Waals surface area contributed by atoms with E-state index >= 15 is 0 Å². The number of thiophene rings is 1. The minimum absolute atomic E-state index is 0.0190. The molecule has 0 saturated heterocycles. The van der Waals surface area contributed by atoms with Crippen LogP contribution < -0.4 is 16.0 Å². The van der Waals surface area contributed by atoms with E-state index in [4.69, 9.17) is 21.1 Å². The molecule has 1 N–H and O–H groups in total. The van der Waals surface area contributed by atoms with Gasteiger partial charge in [0.15, 0.2) is 11.6 Å². The first-order valence-electron chi connectivity index (χ1n) is 11.8. The van der Waals surface area contributed by atoms with E-state index < -0.39 is 25.1 Å². The van der Waals surface area contributed by atoms with Crippen molar-refractivity contribution in [2.75, 3.05) is 13.7 Å². The minimum atomic E-state index is -1.22. The van der Waals surface area contributed by atoms with E-state index in [0.717, 1.165) is 28.0 Å². The number of hydrogen-bond donors (Lipinski definition) is 1. The molecule has 0 amide bonds. The van der Waals surface area contributed by atoms with E-state index in [1.165, 1.54) is 19.4 Å². The van der Waals surface area contributed by atoms with Gasteiger partial charge in [0.1, 0.15) is 22.6 Å². The smallest absolute Gasteiger partial charge is 0.333 e. The third kappa shape index (κ3) is 5.04. The number of hydrogen-bond acceptors (Lipinski definition) is 7. The van der Waals surface area contributed by atoms with Crippen LogP contribution in [0.1, 0.15) is 0 Å². The van der Waals surface area contributed by atoms with Crippen molar-refractivity contribution in [3.8, 4) is 21.9 Å². The number of aromatic nitrogens is 5. The van der Waals surface area contributed by atoms with Crippen molar-refractivity contribution < 1.29 is 13.9 Å². The molecule has 5 aromatic rings. The van der Waals surface area contributed by atoms with Gasteiger partial charge in [-0.25, -0.2) is 18.4 Å². The fourth-order valence-electron chi connectivity index (χ4n) is 3.98. The monoisotopic (exact) mass is 573 g/mol. The van der Waals surface area contributed by atoms with E-state index in [9.17, 15) is 14.0 Å². The van der Waals surface area contributed by atoms with E-state index in [1.807, 2.05) is 0 Å². The number of fused-ring (bicyclic) bond motifs is 2. The second kappa shape index (κ2) is 10.1. The fraction of sp³-hybridized carbons (Fsp3) is 0.280. The Morgan fingerprint density at radius 3 is 2.71 bits per heavy atom. The molecule has 4 heterocycles. The Balaban J connectivity index is 1.55. The number of methoxy groups -OCH3 is 1. The zero-order valence-corrected chi connectivity index (χ0v) is 23.7. The minimum Gasteiger partial charge on any atom is -0.494 e. The van der Waals surface area contributed by atoms with Gasteiger partial charge >= 0.3 is 5.69 Å². The number of pyridine rings is 1. The molecule has 0 aliphatic heterocycles. The maximum Gasteiger partial charge on any atom is 0.333 e. The van der Waals surface area contributed by atoms with Gasteiger partial charge in [0.05, 0.1) is 23.8 Å². The number of nitrogens with one attached hydrogen (secondary N) is 1. The molecule has 4 aromatic heterocycles. The SMILES string of the molecule is COc1cc(-c2cc3[nH]c(=O)n(-c4cncc5cn(COCC[Si](C)(C)C)nc45)c(=O)c3s2)c(Cl)cc1F. The molecule has 0 fully saturated rings. The van der Waals surface area contributed by atoms with E-state index in [-0.39, 0.29) is 23.2 Å². The molecule has 0 aliphatic rings. The van der Waals surface area contributed by atoms with Gasteiger partial charge in [0.2, 0.25) is 0 Å². The molecule has 0 atom stereocenters. The highest BCUT2D eigenvalue weighted by Gasteiger charge is 2.19. The molecule has 9 nitrogen and oxygen atoms in total. The molecule has 0 unspecified atom stereocenters. The summed E-state index contributed by atoms with van der Waals surface area (Å²) in [6.07, 6.45) is 4.82. The largest absolute Gasteiger partial charge is 0.494 e. The summed E-state index contributed by atoms with van der Waals surface area (Å²) in [7, 11) is 0.138. The van der Waals surface area contributed by atoms with Crippen LogP contribution >= 0.6 is 22.9 Å². The molecular weight excluding hydrogens is 549 g/mol. The van der Waals surface area contributed by atoms with Crippen molar-refractivity contribution in [2.24, 2.45) is 0 Å². The second-order valence-corrected chi connectivity index (χ2v) is 17.1. The zero-order chi connectivity index (χ0) is 27.2. The van der Waals surface area contributed by atoms with Gasteiger partial charge in [-0.15, -0.1) is 11.3 Å². The predicted molar refractivity (Wildman–Crippen MR) is 150 cm³/mol. The highest BCUT2D eigenvalue weighted by molar-refractivity contribution is 7.22. The Kier molecular flexibility index (Phi) is 6.99. The summed E-state index contributed by atoms with van der Waals surface area (Å²) in [5, 5.41) is 5.39. The molecule has 0 radical (unpaired) electrons. The fourth-order valence-corrected chi connectivity index (χ4v) is 6.12. The normalized spacial score (nSPS) is 12.1. The summed E-state index contributed by atoms with van der Waals surface area (Å²) >= 11 is 7.41. The highest BCUT2D eigenvalue weighted by atomic mass is 35.5. The Hall–Kier alpha value is -3.32. The van der Waals surface area contributed by atoms with Gasteiger partial charge in [-0.05, 0) is 24.2 Å². The lowest BCUT2D eigenvalue weighted by atomic mass is 10.1. The standard InChI is InChI=1S/C25H25ClFN5O4SSi/c1-35-20-7-15(16(26)8-17(20)27)21-9-18-23(37-21)24(33)32(25(34)29-18)19-11-28-10-14-12-31(30-22(14)19)13-36-5-6-38(2,3)4/h7-12H,5-6,13H2,1-4H3,(H,29,34). The van der Waals surface area contributed by atoms with E-state index in [2.05, 4.69) is 34.7 Å². The van der Waals surface area contributed by atoms with Gasteiger partial charge in [-0.1, -0.05) is 31.2 Å². The van der Waals surface area contributed by atoms with Crippen molar-refractivity contribution in [1.82, 2.24) is 24.3 Å². The van der Waals surface area contributed by atoms with Crippen LogP contribution in [-0.4, -0.2) is 46.1 Å². The first-order chi connectivity index (χ1) is 18.1. The number of halogens is 2. The maximum atomic E-state index is 14.0. The van der Waals surface area contributed by atoms with Crippen molar-refractivity contribution in [3.05, 3.63) is 68.5 Å². The summed E-state index contributed by atoms with van der Waals surface area (Å²) < 4.78 is 27.9. The first kappa shape index (κ1) is 26.3. The van der Waals surface area contributed by atoms with Crippen LogP contribution in [0.25, 0.3) is 37.2 Å². The average Bonchev–Trinajstić information content (AvgIpc) is 3.46. The third-order valence-electron chi connectivity index (χ3n) is 5.98. The average molecular weight is 574 g/mol. The van der Waals surface area contributed by atoms with Gasteiger partial charge in [-0.3, -0.25) is 9.78 Å². The number of H-pyrrole nitrogens is 1. The number of aromatic amines is 1. The molecule has 38 heavy (non-hydrogen) atoms. The molecule has 1 aromatic carbocycles. The van der Waals surface area contributed by atoms with Gasteiger partial charge in [0.25, 0.3) is 5.56 Å². The van der Waals surface area contributed by atoms with Gasteiger partial charge in [-0.2, -0.15) is 5.10 Å². The van der Waals surface area contributed by atoms with Crippen molar-refractivity contribution in [2.45, 2.75) is 32.4 Å². The highest BCUT2D eigenvalue weighted by Crippen LogP contribution is 2.38. The van der Waals surface area contributed by atoms with Crippen LogP contribution in [0.2, 0.25) is 30.7 Å². The van der Waals surface area contributed by atoms with Crippen LogP contribution in [0.3, 0.4) is 0 Å². The Labute approximate surface area is 226 Å². The third-order valence-corrected chi connectivity index (χ3v) is 9.16. The summed E-state index contributed by atoms with van der Waals surface area (Å²) in [6, 6.07) is 5.28. The maximum absolute atomic E-state index is 14.0. The molecular formula is C25H25ClFN5O4SSi. The molecule has 0 aliphatic carbocycles. The van der Waals surface area contributed by atoms with Crippen LogP contribution in [0.15, 0.2) is 46.4 Å². The Morgan fingerprint density at radius 2 is 1.97 bits per heavy atom. The molecule has 13 heteroatoms. The zero-order valence-electron chi connectivity index (χ0n) is 21.2. The predicted octanol–water partition coefficient (Wildman–Crippen LogP) is 5.27. The summed E-state index contributed by atoms with van der Waals surface area (Å²) in [4.78, 5) is 34.2. The lowest BCUT2D eigenvalue weighted by molar-refractivity contribution is 0.0791. The lowest BCUT2D eigenvalue weighted by Gasteiger charge is -2.15. The Bertz CT molecular complexity index is 1790. The Morgan fingerprint density at radius 1 is 1.18 bits per heavy atom. The van der Waals surface area contributed by atoms with Gasteiger partial charge < -0.3 is 14.5 Å². The van der Waals surface area contributed by atoms with Crippen LogP contribution in [-0.2, 0) is 11.5 Å². The number of benzene rings is 1. The van der Waals surface area contributed by atoms with Crippen LogP contribution in [0.5, 0.6) is 5.75 Å². The lowest BCUT2D eigenvalue weighted by Crippen LogP contribution is -2.33. The van der Waals surface area contributed by atoms with Crippen molar-refractivity contribution >= 4 is 52.1 Å². The molecule has 5 rings (SSSR count). The van der Waals surface area contributed by atoms with Crippen LogP contribution in [0, 0.1) is 5.82 Å². The quantitative estimate of drug-likeness (QED) is 0.200. The second-order valence-electron chi connectivity index (χ2n) is 10.0. The number of nitrogens with zero attached hydrogens (tertiary/aromatic N) is 4. The molecule has 198 valence electrons. The molecule has 0 bridgehead atoms. The summed E-state index contributed by atoms with van der Waals surface area (Å²) in [6.45, 7) is 7.73. The van der Waals surface area contributed by atoms with Crippen molar-refractivity contribution in [1.29, 1.82) is 0 Å². The summed E-state index contributed by atoms with van der Waals surface area (Å²) in [5.74, 6) is -0.579. The van der Waals surface area contributed by atoms with E-state index in [1.54, 1.807) is 23.1 Å². The van der Waals surface area contributed by atoms with Gasteiger partial charge in [0, 0.05) is 42.9 Å². The molecule has 0 saturated carbocycles. The number of ether oxygens (including phenoxy) is 2. The summed E-state index contributed by atoms with van der Waals surface area (Å²) in [5.41, 5.74) is 0.369. The van der Waals surface area contributed by atoms with Crippen LogP contribution in [0.4, 0.5) is 4.39 Å². The first-order valence-corrected chi connectivity index (χ1v) is 16.7.